The summed E-state index contributed by atoms with van der Waals surface area (Å²) < 4.78 is 10.1. The summed E-state index contributed by atoms with van der Waals surface area (Å²) >= 11 is 0. The molecule has 136 valence electrons. The van der Waals surface area contributed by atoms with Crippen LogP contribution in [0.4, 0.5) is 11.4 Å². The maximum Gasteiger partial charge on any atom is 0.337 e. The SMILES string of the molecule is C=C(C)COc1ccc(NC(=O)CNc2ccc(C(=O)OC)cc2)cc1. The van der Waals surface area contributed by atoms with E-state index in [1.54, 1.807) is 48.5 Å². The molecule has 0 saturated heterocycles. The first kappa shape index (κ1) is 19.1. The Morgan fingerprint density at radius 3 is 2.19 bits per heavy atom. The van der Waals surface area contributed by atoms with Crippen molar-refractivity contribution in [2.75, 3.05) is 30.9 Å². The van der Waals surface area contributed by atoms with Gasteiger partial charge in [0.05, 0.1) is 19.2 Å². The quantitative estimate of drug-likeness (QED) is 0.561. The number of carbonyl (C=O) groups is 2. The van der Waals surface area contributed by atoms with E-state index in [2.05, 4.69) is 21.9 Å². The molecule has 6 heteroatoms. The number of methoxy groups -OCH3 is 1. The molecule has 0 aliphatic heterocycles. The molecule has 2 aromatic carbocycles. The van der Waals surface area contributed by atoms with Crippen molar-refractivity contribution in [1.82, 2.24) is 0 Å². The molecule has 0 saturated carbocycles. The lowest BCUT2D eigenvalue weighted by atomic mass is 10.2. The first-order valence-electron chi connectivity index (χ1n) is 8.07. The van der Waals surface area contributed by atoms with E-state index in [1.807, 2.05) is 6.92 Å². The molecule has 0 aliphatic carbocycles. The number of amides is 1. The summed E-state index contributed by atoms with van der Waals surface area (Å²) in [7, 11) is 1.33. The number of nitrogens with one attached hydrogen (secondary N) is 2. The zero-order chi connectivity index (χ0) is 18.9. The summed E-state index contributed by atoms with van der Waals surface area (Å²) in [5.74, 6) is 0.137. The van der Waals surface area contributed by atoms with Gasteiger partial charge >= 0.3 is 5.97 Å². The minimum atomic E-state index is -0.398. The summed E-state index contributed by atoms with van der Waals surface area (Å²) in [5.41, 5.74) is 2.81. The van der Waals surface area contributed by atoms with Gasteiger partial charge in [-0.2, -0.15) is 0 Å². The van der Waals surface area contributed by atoms with Crippen molar-refractivity contribution in [3.63, 3.8) is 0 Å². The van der Waals surface area contributed by atoms with Crippen LogP contribution < -0.4 is 15.4 Å². The third kappa shape index (κ3) is 5.98. The van der Waals surface area contributed by atoms with Crippen molar-refractivity contribution >= 4 is 23.3 Å². The van der Waals surface area contributed by atoms with Gasteiger partial charge in [-0.25, -0.2) is 4.79 Å². The fraction of sp³-hybridized carbons (Fsp3) is 0.200. The van der Waals surface area contributed by atoms with E-state index in [9.17, 15) is 9.59 Å². The number of anilines is 2. The predicted molar refractivity (Wildman–Crippen MR) is 102 cm³/mol. The second-order valence-electron chi connectivity index (χ2n) is 5.74. The summed E-state index contributed by atoms with van der Waals surface area (Å²) in [4.78, 5) is 23.4. The van der Waals surface area contributed by atoms with E-state index >= 15 is 0 Å². The van der Waals surface area contributed by atoms with E-state index in [0.29, 0.717) is 17.9 Å². The van der Waals surface area contributed by atoms with Crippen LogP contribution in [0.3, 0.4) is 0 Å². The van der Waals surface area contributed by atoms with Crippen molar-refractivity contribution in [3.05, 3.63) is 66.2 Å². The highest BCUT2D eigenvalue weighted by Crippen LogP contribution is 2.16. The molecule has 0 heterocycles. The predicted octanol–water partition coefficient (Wildman–Crippen LogP) is 3.48. The number of ether oxygens (including phenoxy) is 2. The summed E-state index contributed by atoms with van der Waals surface area (Å²) in [6.45, 7) is 6.24. The maximum atomic E-state index is 12.0. The molecule has 0 radical (unpaired) electrons. The lowest BCUT2D eigenvalue weighted by Crippen LogP contribution is -2.21. The zero-order valence-corrected chi connectivity index (χ0v) is 14.9. The monoisotopic (exact) mass is 354 g/mol. The fourth-order valence-electron chi connectivity index (χ4n) is 2.07. The Kier molecular flexibility index (Phi) is 6.79. The minimum Gasteiger partial charge on any atom is -0.489 e. The Bertz CT molecular complexity index is 767. The van der Waals surface area contributed by atoms with Crippen molar-refractivity contribution in [2.24, 2.45) is 0 Å². The van der Waals surface area contributed by atoms with Crippen LogP contribution in [0.25, 0.3) is 0 Å². The second-order valence-corrected chi connectivity index (χ2v) is 5.74. The molecule has 0 aromatic heterocycles. The molecule has 2 aromatic rings. The van der Waals surface area contributed by atoms with Gasteiger partial charge in [-0.1, -0.05) is 6.58 Å². The van der Waals surface area contributed by atoms with E-state index in [4.69, 9.17) is 4.74 Å². The van der Waals surface area contributed by atoms with Gasteiger partial charge in [-0.05, 0) is 61.0 Å². The van der Waals surface area contributed by atoms with E-state index in [-0.39, 0.29) is 12.5 Å². The Hall–Kier alpha value is -3.28. The third-order valence-electron chi connectivity index (χ3n) is 3.38. The zero-order valence-electron chi connectivity index (χ0n) is 14.9. The molecule has 2 rings (SSSR count). The second kappa shape index (κ2) is 9.27. The minimum absolute atomic E-state index is 0.103. The summed E-state index contributed by atoms with van der Waals surface area (Å²) in [5, 5.41) is 5.79. The number of hydrogen-bond acceptors (Lipinski definition) is 5. The van der Waals surface area contributed by atoms with Crippen molar-refractivity contribution in [2.45, 2.75) is 6.92 Å². The normalized spacial score (nSPS) is 9.92. The van der Waals surface area contributed by atoms with Crippen LogP contribution in [0.2, 0.25) is 0 Å². The van der Waals surface area contributed by atoms with Crippen LogP contribution in [0.5, 0.6) is 5.75 Å². The highest BCUT2D eigenvalue weighted by molar-refractivity contribution is 5.94. The molecule has 0 unspecified atom stereocenters. The number of carbonyl (C=O) groups excluding carboxylic acids is 2. The first-order valence-corrected chi connectivity index (χ1v) is 8.07. The number of hydrogen-bond donors (Lipinski definition) is 2. The highest BCUT2D eigenvalue weighted by atomic mass is 16.5. The molecule has 0 spiro atoms. The van der Waals surface area contributed by atoms with Crippen LogP contribution in [-0.2, 0) is 9.53 Å². The molecular weight excluding hydrogens is 332 g/mol. The molecule has 1 amide bonds. The summed E-state index contributed by atoms with van der Waals surface area (Å²) in [6, 6.07) is 13.8. The van der Waals surface area contributed by atoms with E-state index < -0.39 is 5.97 Å². The molecule has 26 heavy (non-hydrogen) atoms. The van der Waals surface area contributed by atoms with Crippen LogP contribution in [-0.4, -0.2) is 32.1 Å². The molecule has 0 aliphatic rings. The van der Waals surface area contributed by atoms with Crippen LogP contribution >= 0.6 is 0 Å². The van der Waals surface area contributed by atoms with Gasteiger partial charge < -0.3 is 20.1 Å². The molecule has 0 atom stereocenters. The van der Waals surface area contributed by atoms with Crippen molar-refractivity contribution < 1.29 is 19.1 Å². The molecule has 6 nitrogen and oxygen atoms in total. The van der Waals surface area contributed by atoms with Crippen LogP contribution in [0.15, 0.2) is 60.7 Å². The number of benzene rings is 2. The van der Waals surface area contributed by atoms with Gasteiger partial charge in [0.25, 0.3) is 0 Å². The molecule has 2 N–H and O–H groups in total. The maximum absolute atomic E-state index is 12.0. The number of esters is 1. The lowest BCUT2D eigenvalue weighted by Gasteiger charge is -2.10. The Labute approximate surface area is 152 Å². The van der Waals surface area contributed by atoms with Crippen molar-refractivity contribution in [1.29, 1.82) is 0 Å². The molecular formula is C20H22N2O4. The highest BCUT2D eigenvalue weighted by Gasteiger charge is 2.06. The van der Waals surface area contributed by atoms with Gasteiger partial charge in [0.15, 0.2) is 0 Å². The first-order chi connectivity index (χ1) is 12.5. The Morgan fingerprint density at radius 1 is 1.00 bits per heavy atom. The summed E-state index contributed by atoms with van der Waals surface area (Å²) in [6.07, 6.45) is 0. The Morgan fingerprint density at radius 2 is 1.62 bits per heavy atom. The third-order valence-corrected chi connectivity index (χ3v) is 3.38. The average molecular weight is 354 g/mol. The molecule has 0 fully saturated rings. The topological polar surface area (TPSA) is 76.7 Å². The number of rotatable bonds is 8. The molecule has 0 bridgehead atoms. The van der Waals surface area contributed by atoms with Gasteiger partial charge in [0.1, 0.15) is 12.4 Å². The largest absolute Gasteiger partial charge is 0.489 e. The van der Waals surface area contributed by atoms with E-state index in [1.165, 1.54) is 7.11 Å². The van der Waals surface area contributed by atoms with Gasteiger partial charge in [0.2, 0.25) is 5.91 Å². The van der Waals surface area contributed by atoms with Crippen LogP contribution in [0.1, 0.15) is 17.3 Å². The lowest BCUT2D eigenvalue weighted by molar-refractivity contribution is -0.114. The smallest absolute Gasteiger partial charge is 0.337 e. The Balaban J connectivity index is 1.81. The van der Waals surface area contributed by atoms with E-state index in [0.717, 1.165) is 17.0 Å². The van der Waals surface area contributed by atoms with Gasteiger partial charge in [-0.15, -0.1) is 0 Å². The van der Waals surface area contributed by atoms with Gasteiger partial charge in [-0.3, -0.25) is 4.79 Å². The van der Waals surface area contributed by atoms with Crippen LogP contribution in [0, 0.1) is 0 Å². The fourth-order valence-corrected chi connectivity index (χ4v) is 2.07. The average Bonchev–Trinajstić information content (AvgIpc) is 2.65. The standard InChI is InChI=1S/C20H22N2O4/c1-14(2)13-26-18-10-8-17(9-11-18)22-19(23)12-21-16-6-4-15(5-7-16)20(24)25-3/h4-11,21H,1,12-13H2,2-3H3,(H,22,23). The van der Waals surface area contributed by atoms with Crippen molar-refractivity contribution in [3.8, 4) is 5.75 Å². The van der Waals surface area contributed by atoms with Gasteiger partial charge in [0, 0.05) is 11.4 Å².